The Morgan fingerprint density at radius 3 is 2.62 bits per heavy atom. The number of hydrogen-bond donors (Lipinski definition) is 2. The number of piperidine rings is 1. The van der Waals surface area contributed by atoms with E-state index >= 15 is 0 Å². The highest BCUT2D eigenvalue weighted by Gasteiger charge is 2.54. The summed E-state index contributed by atoms with van der Waals surface area (Å²) in [6, 6.07) is 9.67. The van der Waals surface area contributed by atoms with Gasteiger partial charge in [0.2, 0.25) is 11.8 Å². The number of thiazole rings is 1. The lowest BCUT2D eigenvalue weighted by Gasteiger charge is -2.45. The molecule has 168 valence electrons. The van der Waals surface area contributed by atoms with Crippen LogP contribution in [0.15, 0.2) is 36.5 Å². The molecule has 1 aromatic heterocycles. The van der Waals surface area contributed by atoms with Crippen LogP contribution in [0.5, 0.6) is 0 Å². The average Bonchev–Trinajstić information content (AvgIpc) is 3.26. The van der Waals surface area contributed by atoms with Crippen LogP contribution in [0, 0.1) is 11.3 Å². The molecule has 32 heavy (non-hydrogen) atoms. The van der Waals surface area contributed by atoms with Crippen molar-refractivity contribution in [3.63, 3.8) is 0 Å². The van der Waals surface area contributed by atoms with E-state index in [2.05, 4.69) is 10.3 Å². The van der Waals surface area contributed by atoms with Crippen LogP contribution in [0.1, 0.15) is 17.7 Å². The van der Waals surface area contributed by atoms with Crippen LogP contribution in [-0.2, 0) is 30.5 Å². The molecule has 2 saturated heterocycles. The molecule has 2 aliphatic heterocycles. The zero-order valence-corrected chi connectivity index (χ0v) is 18.1. The van der Waals surface area contributed by atoms with Crippen molar-refractivity contribution in [3.8, 4) is 10.6 Å². The molecule has 1 unspecified atom stereocenters. The standard InChI is InChI=1S/C22H23N3O6S/c26-16(27)11-23-19(29)17-18(28)22(6-8-31-9-7-22)13-25(21(17)30)12-15-10-24-20(32-15)14-4-2-1-3-5-14/h1-5,10,17H,6-9,11-13H2,(H,23,29)(H,26,27). The van der Waals surface area contributed by atoms with Gasteiger partial charge in [0.1, 0.15) is 11.6 Å². The number of carbonyl (C=O) groups is 4. The van der Waals surface area contributed by atoms with Gasteiger partial charge >= 0.3 is 5.97 Å². The number of carboxylic acid groups (broad SMARTS) is 1. The Labute approximate surface area is 188 Å². The maximum Gasteiger partial charge on any atom is 0.322 e. The summed E-state index contributed by atoms with van der Waals surface area (Å²) in [5, 5.41) is 11.9. The number of ether oxygens (including phenoxy) is 1. The second kappa shape index (κ2) is 9.17. The second-order valence-corrected chi connectivity index (χ2v) is 9.11. The second-order valence-electron chi connectivity index (χ2n) is 7.99. The molecule has 3 heterocycles. The van der Waals surface area contributed by atoms with Crippen molar-refractivity contribution >= 4 is 34.9 Å². The normalized spacial score (nSPS) is 20.4. The van der Waals surface area contributed by atoms with Gasteiger partial charge in [-0.05, 0) is 12.8 Å². The molecule has 9 nitrogen and oxygen atoms in total. The molecule has 2 amide bonds. The van der Waals surface area contributed by atoms with Crippen molar-refractivity contribution in [1.29, 1.82) is 0 Å². The number of ketones is 1. The molecule has 10 heteroatoms. The van der Waals surface area contributed by atoms with E-state index in [1.807, 2.05) is 30.3 Å². The van der Waals surface area contributed by atoms with E-state index in [1.54, 1.807) is 6.20 Å². The monoisotopic (exact) mass is 457 g/mol. The molecule has 2 aliphatic rings. The fraction of sp³-hybridized carbons (Fsp3) is 0.409. The van der Waals surface area contributed by atoms with Gasteiger partial charge in [0, 0.05) is 36.4 Å². The first-order valence-corrected chi connectivity index (χ1v) is 11.1. The first kappa shape index (κ1) is 22.1. The molecule has 0 radical (unpaired) electrons. The van der Waals surface area contributed by atoms with Crippen LogP contribution in [0.3, 0.4) is 0 Å². The smallest absolute Gasteiger partial charge is 0.322 e. The summed E-state index contributed by atoms with van der Waals surface area (Å²) in [5.74, 6) is -4.72. The number of rotatable bonds is 6. The average molecular weight is 458 g/mol. The Balaban J connectivity index is 1.58. The Morgan fingerprint density at radius 2 is 1.94 bits per heavy atom. The van der Waals surface area contributed by atoms with Crippen molar-refractivity contribution in [2.45, 2.75) is 19.4 Å². The Hall–Kier alpha value is -3.11. The minimum absolute atomic E-state index is 0.204. The largest absolute Gasteiger partial charge is 0.480 e. The number of carboxylic acids is 1. The molecule has 1 atom stereocenters. The lowest BCUT2D eigenvalue weighted by molar-refractivity contribution is -0.164. The number of hydrogen-bond acceptors (Lipinski definition) is 7. The van der Waals surface area contributed by atoms with E-state index in [0.717, 1.165) is 15.4 Å². The molecular formula is C22H23N3O6S. The lowest BCUT2D eigenvalue weighted by Crippen LogP contribution is -2.61. The number of Topliss-reactive ketones (excluding diaryl/α,β-unsaturated/α-hetero) is 1. The van der Waals surface area contributed by atoms with Crippen molar-refractivity contribution in [1.82, 2.24) is 15.2 Å². The van der Waals surface area contributed by atoms with E-state index < -0.39 is 41.4 Å². The van der Waals surface area contributed by atoms with Crippen molar-refractivity contribution in [2.24, 2.45) is 11.3 Å². The van der Waals surface area contributed by atoms with Gasteiger partial charge in [0.25, 0.3) is 0 Å². The van der Waals surface area contributed by atoms with Gasteiger partial charge in [-0.3, -0.25) is 19.2 Å². The fourth-order valence-electron chi connectivity index (χ4n) is 4.20. The third-order valence-electron chi connectivity index (χ3n) is 5.88. The summed E-state index contributed by atoms with van der Waals surface area (Å²) in [4.78, 5) is 56.8. The number of carbonyl (C=O) groups excluding carboxylic acids is 3. The predicted molar refractivity (Wildman–Crippen MR) is 115 cm³/mol. The number of nitrogens with one attached hydrogen (secondary N) is 1. The van der Waals surface area contributed by atoms with Gasteiger partial charge in [-0.2, -0.15) is 0 Å². The summed E-state index contributed by atoms with van der Waals surface area (Å²) in [6.45, 7) is 0.518. The topological polar surface area (TPSA) is 126 Å². The predicted octanol–water partition coefficient (Wildman–Crippen LogP) is 1.34. The molecule has 2 aromatic rings. The van der Waals surface area contributed by atoms with Crippen LogP contribution < -0.4 is 5.32 Å². The molecule has 2 fully saturated rings. The first-order chi connectivity index (χ1) is 15.4. The minimum atomic E-state index is -1.55. The Bertz CT molecular complexity index is 1030. The number of amides is 2. The third-order valence-corrected chi connectivity index (χ3v) is 6.92. The van der Waals surface area contributed by atoms with Crippen molar-refractivity contribution in [3.05, 3.63) is 41.4 Å². The molecule has 0 bridgehead atoms. The van der Waals surface area contributed by atoms with Gasteiger partial charge in [0.05, 0.1) is 12.0 Å². The maximum atomic E-state index is 13.3. The van der Waals surface area contributed by atoms with E-state index in [0.29, 0.717) is 26.1 Å². The third kappa shape index (κ3) is 4.42. The summed E-state index contributed by atoms with van der Waals surface area (Å²) < 4.78 is 5.41. The Morgan fingerprint density at radius 1 is 1.22 bits per heavy atom. The van der Waals surface area contributed by atoms with Crippen LogP contribution >= 0.6 is 11.3 Å². The molecule has 4 rings (SSSR count). The lowest BCUT2D eigenvalue weighted by atomic mass is 9.68. The van der Waals surface area contributed by atoms with Gasteiger partial charge in [0.15, 0.2) is 11.7 Å². The van der Waals surface area contributed by atoms with Crippen molar-refractivity contribution < 1.29 is 29.0 Å². The molecular weight excluding hydrogens is 434 g/mol. The van der Waals surface area contributed by atoms with E-state index in [9.17, 15) is 19.2 Å². The zero-order chi connectivity index (χ0) is 22.7. The van der Waals surface area contributed by atoms with Gasteiger partial charge in [-0.25, -0.2) is 4.98 Å². The molecule has 1 aromatic carbocycles. The number of likely N-dealkylation sites (tertiary alicyclic amines) is 1. The molecule has 1 spiro atoms. The summed E-state index contributed by atoms with van der Waals surface area (Å²) in [6.07, 6.45) is 2.53. The van der Waals surface area contributed by atoms with E-state index in [4.69, 9.17) is 9.84 Å². The van der Waals surface area contributed by atoms with Gasteiger partial charge in [-0.1, -0.05) is 30.3 Å². The SMILES string of the molecule is O=C(O)CNC(=O)C1C(=O)N(Cc2cnc(-c3ccccc3)s2)CC2(CCOCC2)C1=O. The first-order valence-electron chi connectivity index (χ1n) is 10.3. The fourth-order valence-corrected chi connectivity index (χ4v) is 5.13. The number of aromatic nitrogens is 1. The number of nitrogens with zero attached hydrogens (tertiary/aromatic N) is 2. The van der Waals surface area contributed by atoms with Gasteiger partial charge < -0.3 is 20.1 Å². The maximum absolute atomic E-state index is 13.3. The quantitative estimate of drug-likeness (QED) is 0.627. The molecule has 0 aliphatic carbocycles. The van der Waals surface area contributed by atoms with E-state index in [-0.39, 0.29) is 13.1 Å². The van der Waals surface area contributed by atoms with Gasteiger partial charge in [-0.15, -0.1) is 11.3 Å². The van der Waals surface area contributed by atoms with Crippen LogP contribution in [0.25, 0.3) is 10.6 Å². The highest BCUT2D eigenvalue weighted by Crippen LogP contribution is 2.40. The highest BCUT2D eigenvalue weighted by atomic mass is 32.1. The molecule has 0 saturated carbocycles. The number of benzene rings is 1. The van der Waals surface area contributed by atoms with Crippen LogP contribution in [0.2, 0.25) is 0 Å². The minimum Gasteiger partial charge on any atom is -0.480 e. The van der Waals surface area contributed by atoms with E-state index in [1.165, 1.54) is 16.2 Å². The van der Waals surface area contributed by atoms with Crippen LogP contribution in [0.4, 0.5) is 0 Å². The summed E-state index contributed by atoms with van der Waals surface area (Å²) >= 11 is 1.45. The summed E-state index contributed by atoms with van der Waals surface area (Å²) in [5.41, 5.74) is 0.0976. The van der Waals surface area contributed by atoms with Crippen molar-refractivity contribution in [2.75, 3.05) is 26.3 Å². The number of aliphatic carboxylic acids is 1. The van der Waals surface area contributed by atoms with Crippen LogP contribution in [-0.4, -0.2) is 64.9 Å². The summed E-state index contributed by atoms with van der Waals surface area (Å²) in [7, 11) is 0. The highest BCUT2D eigenvalue weighted by molar-refractivity contribution is 7.15. The molecule has 2 N–H and O–H groups in total. The Kier molecular flexibility index (Phi) is 6.33. The zero-order valence-electron chi connectivity index (χ0n) is 17.3.